The van der Waals surface area contributed by atoms with Gasteiger partial charge in [0.05, 0.1) is 5.69 Å². The lowest BCUT2D eigenvalue weighted by atomic mass is 9.93. The standard InChI is InChI=1S/C18H25N3.C2H2O4/c1-2-6-19-18(3-1)14-21-9-7-20(8-10-21)13-17-12-15-4-5-16(17)11-15;3-1(4)2(5)6/h1-6,15-17H,7-14H2;(H,3,4)(H,5,6). The molecule has 146 valence electrons. The zero-order valence-electron chi connectivity index (χ0n) is 15.4. The fourth-order valence-electron chi connectivity index (χ4n) is 4.29. The second-order valence-electron chi connectivity index (χ2n) is 7.55. The first-order valence-electron chi connectivity index (χ1n) is 9.50. The third-order valence-corrected chi connectivity index (χ3v) is 5.67. The van der Waals surface area contributed by atoms with Crippen LogP contribution in [-0.4, -0.2) is 69.7 Å². The molecular weight excluding hydrogens is 346 g/mol. The van der Waals surface area contributed by atoms with Crippen molar-refractivity contribution in [2.45, 2.75) is 19.4 Å². The number of aliphatic carboxylic acids is 2. The van der Waals surface area contributed by atoms with Crippen LogP contribution in [0.3, 0.4) is 0 Å². The van der Waals surface area contributed by atoms with E-state index in [1.165, 1.54) is 51.3 Å². The molecule has 0 spiro atoms. The molecule has 27 heavy (non-hydrogen) atoms. The molecule has 1 aromatic rings. The summed E-state index contributed by atoms with van der Waals surface area (Å²) in [7, 11) is 0. The summed E-state index contributed by atoms with van der Waals surface area (Å²) in [5.41, 5.74) is 1.20. The highest BCUT2D eigenvalue weighted by Gasteiger charge is 2.36. The number of carboxylic acids is 2. The van der Waals surface area contributed by atoms with Gasteiger partial charge in [0, 0.05) is 45.5 Å². The Bertz CT molecular complexity index is 659. The van der Waals surface area contributed by atoms with Crippen LogP contribution in [0.4, 0.5) is 0 Å². The molecule has 2 bridgehead atoms. The molecule has 3 aliphatic rings. The Labute approximate surface area is 159 Å². The van der Waals surface area contributed by atoms with Crippen molar-refractivity contribution in [2.75, 3.05) is 32.7 Å². The zero-order valence-corrected chi connectivity index (χ0v) is 15.4. The van der Waals surface area contributed by atoms with Gasteiger partial charge in [0.2, 0.25) is 0 Å². The topological polar surface area (TPSA) is 94.0 Å². The molecular formula is C20H27N3O4. The second-order valence-corrected chi connectivity index (χ2v) is 7.55. The molecule has 7 heteroatoms. The molecule has 0 radical (unpaired) electrons. The Kier molecular flexibility index (Phi) is 6.58. The molecule has 2 heterocycles. The maximum Gasteiger partial charge on any atom is 0.414 e. The zero-order chi connectivity index (χ0) is 19.2. The Morgan fingerprint density at radius 1 is 1.00 bits per heavy atom. The summed E-state index contributed by atoms with van der Waals surface area (Å²) in [6, 6.07) is 6.21. The summed E-state index contributed by atoms with van der Waals surface area (Å²) in [6.07, 6.45) is 9.70. The van der Waals surface area contributed by atoms with Gasteiger partial charge in [-0.15, -0.1) is 0 Å². The van der Waals surface area contributed by atoms with E-state index in [2.05, 4.69) is 39.1 Å². The maximum absolute atomic E-state index is 9.10. The molecule has 0 aromatic carbocycles. The van der Waals surface area contributed by atoms with Gasteiger partial charge in [-0.3, -0.25) is 9.88 Å². The molecule has 1 saturated heterocycles. The average molecular weight is 373 g/mol. The highest BCUT2D eigenvalue weighted by atomic mass is 16.4. The highest BCUT2D eigenvalue weighted by molar-refractivity contribution is 6.27. The molecule has 3 unspecified atom stereocenters. The number of hydrogen-bond acceptors (Lipinski definition) is 5. The number of fused-ring (bicyclic) bond motifs is 2. The van der Waals surface area contributed by atoms with E-state index >= 15 is 0 Å². The quantitative estimate of drug-likeness (QED) is 0.611. The summed E-state index contributed by atoms with van der Waals surface area (Å²) in [5.74, 6) is -0.917. The Hall–Kier alpha value is -2.25. The Morgan fingerprint density at radius 2 is 1.70 bits per heavy atom. The van der Waals surface area contributed by atoms with Crippen LogP contribution in [0.25, 0.3) is 0 Å². The Morgan fingerprint density at radius 3 is 2.22 bits per heavy atom. The minimum Gasteiger partial charge on any atom is -0.473 e. The molecule has 3 atom stereocenters. The lowest BCUT2D eigenvalue weighted by Gasteiger charge is -2.36. The third-order valence-electron chi connectivity index (χ3n) is 5.67. The smallest absolute Gasteiger partial charge is 0.414 e. The van der Waals surface area contributed by atoms with Gasteiger partial charge in [0.1, 0.15) is 0 Å². The van der Waals surface area contributed by atoms with Crippen molar-refractivity contribution >= 4 is 11.9 Å². The van der Waals surface area contributed by atoms with E-state index in [1.54, 1.807) is 0 Å². The summed E-state index contributed by atoms with van der Waals surface area (Å²) < 4.78 is 0. The van der Waals surface area contributed by atoms with E-state index in [0.717, 1.165) is 24.3 Å². The van der Waals surface area contributed by atoms with Crippen molar-refractivity contribution in [1.29, 1.82) is 0 Å². The molecule has 1 saturated carbocycles. The number of hydrogen-bond donors (Lipinski definition) is 2. The molecule has 0 amide bonds. The van der Waals surface area contributed by atoms with Gasteiger partial charge < -0.3 is 15.1 Å². The van der Waals surface area contributed by atoms with Crippen LogP contribution < -0.4 is 0 Å². The summed E-state index contributed by atoms with van der Waals surface area (Å²) in [5, 5.41) is 14.8. The van der Waals surface area contributed by atoms with Crippen LogP contribution in [0.1, 0.15) is 18.5 Å². The Balaban J connectivity index is 0.000000307. The predicted octanol–water partition coefficient (Wildman–Crippen LogP) is 1.57. The lowest BCUT2D eigenvalue weighted by Crippen LogP contribution is -2.47. The van der Waals surface area contributed by atoms with E-state index in [0.29, 0.717) is 0 Å². The van der Waals surface area contributed by atoms with Crippen molar-refractivity contribution in [1.82, 2.24) is 14.8 Å². The number of carboxylic acid groups (broad SMARTS) is 2. The SMILES string of the molecule is C1=CC2CC1CC2CN1CCN(Cc2ccccn2)CC1.O=C(O)C(=O)O. The van der Waals surface area contributed by atoms with E-state index in [1.807, 2.05) is 12.3 Å². The van der Waals surface area contributed by atoms with Crippen molar-refractivity contribution in [3.05, 3.63) is 42.2 Å². The number of aromatic nitrogens is 1. The normalized spacial score (nSPS) is 27.2. The van der Waals surface area contributed by atoms with Gasteiger partial charge in [0.25, 0.3) is 0 Å². The number of pyridine rings is 1. The second kappa shape index (κ2) is 9.10. The maximum atomic E-state index is 9.10. The molecule has 2 N–H and O–H groups in total. The summed E-state index contributed by atoms with van der Waals surface area (Å²) in [4.78, 5) is 27.9. The molecule has 2 aliphatic carbocycles. The first kappa shape index (κ1) is 19.5. The molecule has 7 nitrogen and oxygen atoms in total. The largest absolute Gasteiger partial charge is 0.473 e. The molecule has 4 rings (SSSR count). The molecule has 1 aliphatic heterocycles. The van der Waals surface area contributed by atoms with Crippen LogP contribution in [-0.2, 0) is 16.1 Å². The molecule has 1 aromatic heterocycles. The summed E-state index contributed by atoms with van der Waals surface area (Å²) >= 11 is 0. The monoisotopic (exact) mass is 373 g/mol. The fraction of sp³-hybridized carbons (Fsp3) is 0.550. The van der Waals surface area contributed by atoms with E-state index in [9.17, 15) is 0 Å². The van der Waals surface area contributed by atoms with Gasteiger partial charge in [0.15, 0.2) is 0 Å². The molecule has 2 fully saturated rings. The number of allylic oxidation sites excluding steroid dienone is 2. The van der Waals surface area contributed by atoms with Crippen LogP contribution in [0.5, 0.6) is 0 Å². The third kappa shape index (κ3) is 5.61. The van der Waals surface area contributed by atoms with Crippen molar-refractivity contribution in [3.8, 4) is 0 Å². The fourth-order valence-corrected chi connectivity index (χ4v) is 4.29. The highest BCUT2D eigenvalue weighted by Crippen LogP contribution is 2.43. The van der Waals surface area contributed by atoms with Gasteiger partial charge in [-0.2, -0.15) is 0 Å². The van der Waals surface area contributed by atoms with E-state index in [-0.39, 0.29) is 0 Å². The first-order valence-corrected chi connectivity index (χ1v) is 9.50. The predicted molar refractivity (Wildman–Crippen MR) is 100 cm³/mol. The van der Waals surface area contributed by atoms with Crippen molar-refractivity contribution in [3.63, 3.8) is 0 Å². The van der Waals surface area contributed by atoms with E-state index < -0.39 is 11.9 Å². The van der Waals surface area contributed by atoms with Gasteiger partial charge in [-0.1, -0.05) is 18.2 Å². The minimum atomic E-state index is -1.82. The first-order chi connectivity index (χ1) is 13.0. The number of piperazine rings is 1. The van der Waals surface area contributed by atoms with Crippen LogP contribution >= 0.6 is 0 Å². The summed E-state index contributed by atoms with van der Waals surface area (Å²) in [6.45, 7) is 7.16. The van der Waals surface area contributed by atoms with Crippen molar-refractivity contribution in [2.24, 2.45) is 17.8 Å². The minimum absolute atomic E-state index is 0.890. The number of carbonyl (C=O) groups is 2. The van der Waals surface area contributed by atoms with E-state index in [4.69, 9.17) is 19.8 Å². The average Bonchev–Trinajstić information content (AvgIpc) is 3.28. The van der Waals surface area contributed by atoms with Crippen LogP contribution in [0, 0.1) is 17.8 Å². The van der Waals surface area contributed by atoms with Crippen LogP contribution in [0.2, 0.25) is 0 Å². The lowest BCUT2D eigenvalue weighted by molar-refractivity contribution is -0.159. The van der Waals surface area contributed by atoms with Gasteiger partial charge in [-0.05, 0) is 42.7 Å². The number of nitrogens with zero attached hydrogens (tertiary/aromatic N) is 3. The number of rotatable bonds is 4. The van der Waals surface area contributed by atoms with Gasteiger partial charge >= 0.3 is 11.9 Å². The van der Waals surface area contributed by atoms with Gasteiger partial charge in [-0.25, -0.2) is 9.59 Å². The van der Waals surface area contributed by atoms with Crippen LogP contribution in [0.15, 0.2) is 36.5 Å². The van der Waals surface area contributed by atoms with Crippen molar-refractivity contribution < 1.29 is 19.8 Å².